The second kappa shape index (κ2) is 12.5. The zero-order valence-electron chi connectivity index (χ0n) is 23.0. The maximum Gasteiger partial charge on any atom is 0.460 e. The molecule has 0 unspecified atom stereocenters. The van der Waals surface area contributed by atoms with Crippen molar-refractivity contribution in [2.45, 2.75) is 101 Å². The lowest BCUT2D eigenvalue weighted by Crippen LogP contribution is -2.80. The second-order valence-electron chi connectivity index (χ2n) is 9.93. The number of hydrogen-bond donors (Lipinski definition) is 0. The summed E-state index contributed by atoms with van der Waals surface area (Å²) in [6, 6.07) is 0. The Morgan fingerprint density at radius 2 is 0.309 bits per heavy atom. The van der Waals surface area contributed by atoms with Crippen LogP contribution in [-0.4, -0.2) is 101 Å². The molecule has 0 aliphatic rings. The van der Waals surface area contributed by atoms with Crippen LogP contribution in [0.15, 0.2) is 0 Å². The fourth-order valence-electron chi connectivity index (χ4n) is 3.06. The van der Waals surface area contributed by atoms with Crippen molar-refractivity contribution in [3.8, 4) is 0 Å². The highest BCUT2D eigenvalue weighted by atomic mass is 19.4. The lowest BCUT2D eigenvalue weighted by atomic mass is 9.82. The SMILES string of the molecule is F[C](C(F)(F)F)C(F)(F)C(F)(F)C(F)(F)C(F)(F)C(F)(F)C(F)(F)C(F)(F)C(F)(F)C(F)(F)C(F)(F)C(F)(F)C(F)(F)C(F)(F)C(F)(F)C(F)(F)C(F)(F)F. The molecule has 0 spiro atoms. The molecule has 0 aromatic carbocycles. The van der Waals surface area contributed by atoms with Crippen molar-refractivity contribution in [2.24, 2.45) is 0 Å². The van der Waals surface area contributed by atoms with E-state index < -0.39 is 107 Å². The van der Waals surface area contributed by atoms with E-state index >= 15 is 0 Å². The van der Waals surface area contributed by atoms with Crippen LogP contribution in [0.4, 0.5) is 162 Å². The van der Waals surface area contributed by atoms with E-state index in [0.29, 0.717) is 0 Å². The zero-order valence-corrected chi connectivity index (χ0v) is 23.0. The standard InChI is InChI=1S/C18F37/c19-1(3(22,23)24)2(20,21)4(25,26)5(27,28)6(29,30)7(31,32)8(33,34)9(35,36)10(37,38)11(39,40)12(41,42)13(43,44)14(45,46)15(47,48)16(49,50)17(51,52)18(53,54)55. The van der Waals surface area contributed by atoms with Crippen molar-refractivity contribution in [2.75, 3.05) is 0 Å². The first kappa shape index (κ1) is 52.4. The number of halogens is 37. The van der Waals surface area contributed by atoms with E-state index in [1.807, 2.05) is 0 Å². The second-order valence-corrected chi connectivity index (χ2v) is 9.93. The molecule has 0 bridgehead atoms. The molecule has 0 amide bonds. The van der Waals surface area contributed by atoms with Crippen LogP contribution >= 0.6 is 0 Å². The van der Waals surface area contributed by atoms with Crippen LogP contribution < -0.4 is 0 Å². The van der Waals surface area contributed by atoms with Gasteiger partial charge in [0.15, 0.2) is 0 Å². The van der Waals surface area contributed by atoms with Gasteiger partial charge < -0.3 is 0 Å². The zero-order chi connectivity index (χ0) is 46.1. The number of alkyl halides is 36. The van der Waals surface area contributed by atoms with Crippen LogP contribution in [0.3, 0.4) is 0 Å². The molecule has 0 aromatic rings. The Labute approximate surface area is 271 Å². The Balaban J connectivity index is 7.79. The van der Waals surface area contributed by atoms with Crippen LogP contribution in [0.2, 0.25) is 0 Å². The van der Waals surface area contributed by atoms with E-state index in [0.717, 1.165) is 0 Å². The van der Waals surface area contributed by atoms with E-state index in [2.05, 4.69) is 0 Å². The topological polar surface area (TPSA) is 0 Å². The summed E-state index contributed by atoms with van der Waals surface area (Å²) in [6.45, 7) is 0. The molecule has 0 nitrogen and oxygen atoms in total. The maximum absolute atomic E-state index is 13.8. The smallest absolute Gasteiger partial charge is 0.222 e. The molecule has 0 N–H and O–H groups in total. The van der Waals surface area contributed by atoms with E-state index in [1.165, 1.54) is 0 Å². The summed E-state index contributed by atoms with van der Waals surface area (Å²) in [5.41, 5.74) is 0. The van der Waals surface area contributed by atoms with Crippen molar-refractivity contribution in [3.63, 3.8) is 0 Å². The Morgan fingerprint density at radius 3 is 0.436 bits per heavy atom. The van der Waals surface area contributed by atoms with Gasteiger partial charge in [0.2, 0.25) is 0 Å². The molecule has 0 fully saturated rings. The molecule has 0 aromatic heterocycles. The van der Waals surface area contributed by atoms with Crippen molar-refractivity contribution in [1.82, 2.24) is 0 Å². The number of hydrogen-bond acceptors (Lipinski definition) is 0. The minimum absolute atomic E-state index is 6.02. The van der Waals surface area contributed by atoms with E-state index in [1.54, 1.807) is 0 Å². The minimum atomic E-state index is -10.4. The largest absolute Gasteiger partial charge is 0.460 e. The summed E-state index contributed by atoms with van der Waals surface area (Å²) in [4.78, 5) is 0. The minimum Gasteiger partial charge on any atom is -0.222 e. The van der Waals surface area contributed by atoms with Crippen LogP contribution in [-0.2, 0) is 0 Å². The average Bonchev–Trinajstić information content (AvgIpc) is 2.93. The van der Waals surface area contributed by atoms with Gasteiger partial charge in [0, 0.05) is 0 Å². The first-order valence-corrected chi connectivity index (χ1v) is 11.2. The summed E-state index contributed by atoms with van der Waals surface area (Å²) in [6.07, 6.45) is -22.3. The Hall–Kier alpha value is -2.59. The van der Waals surface area contributed by atoms with E-state index in [-0.39, 0.29) is 0 Å². The molecule has 331 valence electrons. The van der Waals surface area contributed by atoms with Gasteiger partial charge in [0.1, 0.15) is 0 Å². The molecule has 0 saturated heterocycles. The summed E-state index contributed by atoms with van der Waals surface area (Å²) >= 11 is 0. The van der Waals surface area contributed by atoms with Gasteiger partial charge in [-0.3, -0.25) is 0 Å². The molecule has 0 aliphatic heterocycles. The van der Waals surface area contributed by atoms with Gasteiger partial charge in [-0.1, -0.05) is 0 Å². The molecule has 0 saturated carbocycles. The predicted molar refractivity (Wildman–Crippen MR) is 90.7 cm³/mol. The molecule has 0 heterocycles. The van der Waals surface area contributed by atoms with E-state index in [9.17, 15) is 162 Å². The van der Waals surface area contributed by atoms with Crippen molar-refractivity contribution in [1.29, 1.82) is 0 Å². The molecule has 0 rings (SSSR count). The Kier molecular flexibility index (Phi) is 11.9. The van der Waals surface area contributed by atoms with Crippen LogP contribution in [0.5, 0.6) is 0 Å². The predicted octanol–water partition coefficient (Wildman–Crippen LogP) is 12.1. The number of rotatable bonds is 15. The Morgan fingerprint density at radius 1 is 0.182 bits per heavy atom. The van der Waals surface area contributed by atoms with Crippen LogP contribution in [0.25, 0.3) is 0 Å². The molecule has 37 heteroatoms. The first-order valence-electron chi connectivity index (χ1n) is 11.2. The monoisotopic (exact) mass is 919 g/mol. The molecular formula is C18F37. The normalized spacial score (nSPS) is 17.3. The summed E-state index contributed by atoms with van der Waals surface area (Å²) in [7, 11) is 0. The van der Waals surface area contributed by atoms with Gasteiger partial charge in [-0.05, 0) is 0 Å². The van der Waals surface area contributed by atoms with Gasteiger partial charge in [0.25, 0.3) is 0 Å². The molecular weight excluding hydrogens is 919 g/mol. The van der Waals surface area contributed by atoms with Gasteiger partial charge in [-0.15, -0.1) is 0 Å². The van der Waals surface area contributed by atoms with Crippen LogP contribution in [0.1, 0.15) is 0 Å². The highest BCUT2D eigenvalue weighted by Crippen LogP contribution is 2.70. The fraction of sp³-hybridized carbons (Fsp3) is 0.944. The van der Waals surface area contributed by atoms with E-state index in [4.69, 9.17) is 0 Å². The first-order chi connectivity index (χ1) is 22.9. The van der Waals surface area contributed by atoms with Gasteiger partial charge in [0.05, 0.1) is 0 Å². The quantitative estimate of drug-likeness (QED) is 0.144. The highest BCUT2D eigenvalue weighted by Gasteiger charge is 3.02. The fourth-order valence-corrected chi connectivity index (χ4v) is 3.06. The Bertz CT molecular complexity index is 1380. The lowest BCUT2D eigenvalue weighted by molar-refractivity contribution is -0.491. The summed E-state index contributed by atoms with van der Waals surface area (Å²) < 4.78 is 490. The summed E-state index contributed by atoms with van der Waals surface area (Å²) in [5, 5.41) is 0. The third kappa shape index (κ3) is 6.02. The van der Waals surface area contributed by atoms with Gasteiger partial charge in [-0.25, -0.2) is 4.39 Å². The van der Waals surface area contributed by atoms with Crippen molar-refractivity contribution < 1.29 is 162 Å². The van der Waals surface area contributed by atoms with Crippen molar-refractivity contribution >= 4 is 0 Å². The molecule has 0 aliphatic carbocycles. The molecule has 55 heavy (non-hydrogen) atoms. The molecule has 1 radical (unpaired) electrons. The lowest BCUT2D eigenvalue weighted by Gasteiger charge is -2.47. The van der Waals surface area contributed by atoms with Crippen LogP contribution in [0, 0.1) is 6.17 Å². The average molecular weight is 919 g/mol. The summed E-state index contributed by atoms with van der Waals surface area (Å²) in [5.74, 6) is -149. The van der Waals surface area contributed by atoms with Crippen molar-refractivity contribution in [3.05, 3.63) is 6.17 Å². The third-order valence-electron chi connectivity index (χ3n) is 6.40. The molecule has 0 atom stereocenters. The third-order valence-corrected chi connectivity index (χ3v) is 6.40. The van der Waals surface area contributed by atoms with Gasteiger partial charge in [-0.2, -0.15) is 158 Å². The van der Waals surface area contributed by atoms with Gasteiger partial charge >= 0.3 is 107 Å². The maximum atomic E-state index is 13.8. The highest BCUT2D eigenvalue weighted by molar-refractivity contribution is 5.23.